The molecule has 0 fully saturated rings. The van der Waals surface area contributed by atoms with Crippen LogP contribution in [0.1, 0.15) is 43.2 Å². The molecule has 0 aliphatic rings. The summed E-state index contributed by atoms with van der Waals surface area (Å²) in [5.74, 6) is 5.71. The van der Waals surface area contributed by atoms with E-state index in [-0.39, 0.29) is 16.7 Å². The molecule has 0 unspecified atom stereocenters. The molecule has 0 N–H and O–H groups in total. The maximum atomic E-state index is 12.3. The van der Waals surface area contributed by atoms with Crippen LogP contribution < -0.4 is 9.47 Å². The molecule has 2 aromatic rings. The first-order valence-corrected chi connectivity index (χ1v) is 8.29. The number of aromatic nitrogens is 1. The summed E-state index contributed by atoms with van der Waals surface area (Å²) in [5.41, 5.74) is 1.83. The van der Waals surface area contributed by atoms with Gasteiger partial charge in [0.25, 0.3) is 0 Å². The lowest BCUT2D eigenvalue weighted by molar-refractivity contribution is 0.0596. The van der Waals surface area contributed by atoms with Gasteiger partial charge >= 0.3 is 11.9 Å². The van der Waals surface area contributed by atoms with Crippen molar-refractivity contribution < 1.29 is 28.5 Å². The van der Waals surface area contributed by atoms with E-state index in [0.717, 1.165) is 0 Å². The zero-order valence-corrected chi connectivity index (χ0v) is 16.6. The first-order chi connectivity index (χ1) is 13.4. The van der Waals surface area contributed by atoms with Gasteiger partial charge in [-0.2, -0.15) is 0 Å². The summed E-state index contributed by atoms with van der Waals surface area (Å²) < 4.78 is 20.2. The first-order valence-electron chi connectivity index (χ1n) is 8.29. The highest BCUT2D eigenvalue weighted by Crippen LogP contribution is 2.24. The highest BCUT2D eigenvalue weighted by atomic mass is 16.5. The van der Waals surface area contributed by atoms with E-state index in [1.165, 1.54) is 28.4 Å². The monoisotopic (exact) mass is 383 g/mol. The number of hydrogen-bond donors (Lipinski definition) is 0. The standard InChI is InChI=1S/C21H21NO6/c1-12-18(20(23)27-5)17(19(13(2)22-12)21(24)28-6)8-7-14-9-15(25-3)11-16(10-14)26-4/h9-11H,1-6H3. The molecule has 0 saturated heterocycles. The normalized spacial score (nSPS) is 9.79. The molecule has 1 heterocycles. The van der Waals surface area contributed by atoms with Gasteiger partial charge in [0.15, 0.2) is 0 Å². The number of esters is 2. The Balaban J connectivity index is 2.76. The largest absolute Gasteiger partial charge is 0.497 e. The first kappa shape index (κ1) is 20.8. The van der Waals surface area contributed by atoms with Crippen molar-refractivity contribution in [2.75, 3.05) is 28.4 Å². The number of carbonyl (C=O) groups is 2. The molecule has 0 radical (unpaired) electrons. The summed E-state index contributed by atoms with van der Waals surface area (Å²) in [6.45, 7) is 3.31. The predicted molar refractivity (Wildman–Crippen MR) is 102 cm³/mol. The highest BCUT2D eigenvalue weighted by molar-refractivity contribution is 6.01. The number of aryl methyl sites for hydroxylation is 2. The molecule has 0 atom stereocenters. The number of methoxy groups -OCH3 is 4. The number of rotatable bonds is 4. The van der Waals surface area contributed by atoms with Crippen LogP contribution in [0.25, 0.3) is 0 Å². The molecule has 0 aliphatic carbocycles. The van der Waals surface area contributed by atoms with Gasteiger partial charge < -0.3 is 18.9 Å². The Labute approximate surface area is 163 Å². The number of nitrogens with zero attached hydrogens (tertiary/aromatic N) is 1. The molecule has 0 aliphatic heterocycles. The van der Waals surface area contributed by atoms with E-state index >= 15 is 0 Å². The molecule has 2 rings (SSSR count). The molecule has 1 aromatic heterocycles. The summed E-state index contributed by atoms with van der Waals surface area (Å²) in [6.07, 6.45) is 0. The smallest absolute Gasteiger partial charge is 0.341 e. The van der Waals surface area contributed by atoms with Crippen LogP contribution in [0.15, 0.2) is 18.2 Å². The predicted octanol–water partition coefficient (Wildman–Crippen LogP) is 2.69. The minimum Gasteiger partial charge on any atom is -0.497 e. The Morgan fingerprint density at radius 2 is 1.25 bits per heavy atom. The van der Waals surface area contributed by atoms with E-state index < -0.39 is 11.9 Å². The van der Waals surface area contributed by atoms with Crippen LogP contribution in [-0.4, -0.2) is 45.4 Å². The third-order valence-corrected chi connectivity index (χ3v) is 4.02. The van der Waals surface area contributed by atoms with Crippen LogP contribution in [0, 0.1) is 25.7 Å². The quantitative estimate of drug-likeness (QED) is 0.593. The van der Waals surface area contributed by atoms with E-state index in [1.807, 2.05) is 0 Å². The van der Waals surface area contributed by atoms with Gasteiger partial charge in [-0.05, 0) is 26.0 Å². The molecular formula is C21H21NO6. The zero-order valence-electron chi connectivity index (χ0n) is 16.6. The fourth-order valence-corrected chi connectivity index (χ4v) is 2.69. The van der Waals surface area contributed by atoms with Gasteiger partial charge in [0, 0.05) is 11.6 Å². The highest BCUT2D eigenvalue weighted by Gasteiger charge is 2.25. The van der Waals surface area contributed by atoms with Gasteiger partial charge in [-0.1, -0.05) is 11.8 Å². The van der Waals surface area contributed by atoms with Crippen LogP contribution in [0.3, 0.4) is 0 Å². The Bertz CT molecular complexity index is 922. The van der Waals surface area contributed by atoms with Crippen LogP contribution in [0.2, 0.25) is 0 Å². The fraction of sp³-hybridized carbons (Fsp3) is 0.286. The Morgan fingerprint density at radius 3 is 1.64 bits per heavy atom. The summed E-state index contributed by atoms with van der Waals surface area (Å²) in [7, 11) is 5.58. The van der Waals surface area contributed by atoms with Gasteiger partial charge in [0.2, 0.25) is 0 Å². The topological polar surface area (TPSA) is 84.0 Å². The summed E-state index contributed by atoms with van der Waals surface area (Å²) in [6, 6.07) is 5.14. The van der Waals surface area contributed by atoms with Gasteiger partial charge in [-0.3, -0.25) is 4.98 Å². The molecule has 7 nitrogen and oxygen atoms in total. The van der Waals surface area contributed by atoms with Crippen molar-refractivity contribution in [3.8, 4) is 23.3 Å². The van der Waals surface area contributed by atoms with E-state index in [0.29, 0.717) is 28.5 Å². The third-order valence-electron chi connectivity index (χ3n) is 4.02. The zero-order chi connectivity index (χ0) is 20.8. The van der Waals surface area contributed by atoms with E-state index in [4.69, 9.17) is 18.9 Å². The molecular weight excluding hydrogens is 362 g/mol. The number of hydrogen-bond acceptors (Lipinski definition) is 7. The van der Waals surface area contributed by atoms with Crippen molar-refractivity contribution in [2.24, 2.45) is 0 Å². The fourth-order valence-electron chi connectivity index (χ4n) is 2.69. The van der Waals surface area contributed by atoms with Crippen molar-refractivity contribution in [1.29, 1.82) is 0 Å². The van der Waals surface area contributed by atoms with Gasteiger partial charge in [-0.15, -0.1) is 0 Å². The molecule has 0 spiro atoms. The molecule has 7 heteroatoms. The Morgan fingerprint density at radius 1 is 0.786 bits per heavy atom. The molecule has 146 valence electrons. The van der Waals surface area contributed by atoms with Gasteiger partial charge in [0.05, 0.1) is 56.5 Å². The lowest BCUT2D eigenvalue weighted by atomic mass is 9.98. The van der Waals surface area contributed by atoms with E-state index in [9.17, 15) is 9.59 Å². The molecule has 0 saturated carbocycles. The average molecular weight is 383 g/mol. The van der Waals surface area contributed by atoms with Crippen molar-refractivity contribution in [3.05, 3.63) is 51.8 Å². The molecule has 0 amide bonds. The van der Waals surface area contributed by atoms with Gasteiger partial charge in [0.1, 0.15) is 11.5 Å². The summed E-state index contributed by atoms with van der Waals surface area (Å²) in [4.78, 5) is 28.9. The average Bonchev–Trinajstić information content (AvgIpc) is 2.70. The maximum Gasteiger partial charge on any atom is 0.341 e. The second-order valence-electron chi connectivity index (χ2n) is 5.74. The molecule has 1 aromatic carbocycles. The van der Waals surface area contributed by atoms with Crippen molar-refractivity contribution in [3.63, 3.8) is 0 Å². The lowest BCUT2D eigenvalue weighted by Gasteiger charge is -2.12. The second-order valence-corrected chi connectivity index (χ2v) is 5.74. The lowest BCUT2D eigenvalue weighted by Crippen LogP contribution is -2.16. The van der Waals surface area contributed by atoms with Crippen LogP contribution in [0.4, 0.5) is 0 Å². The van der Waals surface area contributed by atoms with Crippen LogP contribution in [-0.2, 0) is 9.47 Å². The number of pyridine rings is 1. The maximum absolute atomic E-state index is 12.3. The van der Waals surface area contributed by atoms with Crippen molar-refractivity contribution in [1.82, 2.24) is 4.98 Å². The van der Waals surface area contributed by atoms with Crippen molar-refractivity contribution >= 4 is 11.9 Å². The SMILES string of the molecule is COC(=O)c1c(C)nc(C)c(C(=O)OC)c1C#Cc1cc(OC)cc(OC)c1. The van der Waals surface area contributed by atoms with Crippen molar-refractivity contribution in [2.45, 2.75) is 13.8 Å². The molecule has 28 heavy (non-hydrogen) atoms. The Kier molecular flexibility index (Phi) is 6.61. The number of ether oxygens (including phenoxy) is 4. The van der Waals surface area contributed by atoms with Crippen LogP contribution >= 0.6 is 0 Å². The number of carbonyl (C=O) groups excluding carboxylic acids is 2. The molecule has 0 bridgehead atoms. The minimum atomic E-state index is -0.636. The Hall–Kier alpha value is -3.53. The van der Waals surface area contributed by atoms with E-state index in [1.54, 1.807) is 32.0 Å². The minimum absolute atomic E-state index is 0.121. The second kappa shape index (κ2) is 8.91. The summed E-state index contributed by atoms with van der Waals surface area (Å²) in [5, 5.41) is 0. The van der Waals surface area contributed by atoms with Gasteiger partial charge in [-0.25, -0.2) is 9.59 Å². The van der Waals surface area contributed by atoms with Crippen LogP contribution in [0.5, 0.6) is 11.5 Å². The number of benzene rings is 1. The van der Waals surface area contributed by atoms with E-state index in [2.05, 4.69) is 16.8 Å². The summed E-state index contributed by atoms with van der Waals surface area (Å²) >= 11 is 0. The third kappa shape index (κ3) is 4.23.